The number of carbonyl (C=O) groups excluding carboxylic acids is 3. The monoisotopic (exact) mass is 662 g/mol. The van der Waals surface area contributed by atoms with Crippen LogP contribution in [0.4, 0.5) is 0 Å². The van der Waals surface area contributed by atoms with Gasteiger partial charge in [0, 0.05) is 6.42 Å². The van der Waals surface area contributed by atoms with Crippen LogP contribution in [0.15, 0.2) is 92.5 Å². The van der Waals surface area contributed by atoms with E-state index in [9.17, 15) is 27.4 Å². The van der Waals surface area contributed by atoms with E-state index in [-0.39, 0.29) is 56.9 Å². The summed E-state index contributed by atoms with van der Waals surface area (Å²) < 4.78 is 49.2. The molecule has 0 spiro atoms. The molecule has 0 aliphatic heterocycles. The molecule has 0 radical (unpaired) electrons. The van der Waals surface area contributed by atoms with Crippen LogP contribution in [0.2, 0.25) is 0 Å². The van der Waals surface area contributed by atoms with Crippen LogP contribution in [-0.2, 0) is 24.3 Å². The van der Waals surface area contributed by atoms with E-state index in [2.05, 4.69) is 19.7 Å². The van der Waals surface area contributed by atoms with E-state index in [1.807, 2.05) is 0 Å². The van der Waals surface area contributed by atoms with Crippen LogP contribution in [0.1, 0.15) is 54.2 Å². The van der Waals surface area contributed by atoms with Gasteiger partial charge in [0.25, 0.3) is 10.1 Å². The third kappa shape index (κ3) is 12.1. The van der Waals surface area contributed by atoms with Gasteiger partial charge < -0.3 is 18.7 Å². The first-order valence-electron chi connectivity index (χ1n) is 15.0. The van der Waals surface area contributed by atoms with Crippen molar-refractivity contribution in [3.05, 3.63) is 126 Å². The molecular weight excluding hydrogens is 622 g/mol. The maximum atomic E-state index is 12.8. The SMILES string of the molecule is C=Cc1ccc(C(=O)OCC[N+](CCCS(=O)(=O)O)(CCOC(=O)c2ccc(C=C)cc2)CCOC(=O)c2ccc(C=C)cc2)cc1. The molecule has 0 saturated carbocycles. The largest absolute Gasteiger partial charge is 0.456 e. The average molecular weight is 663 g/mol. The summed E-state index contributed by atoms with van der Waals surface area (Å²) in [6, 6.07) is 20.1. The van der Waals surface area contributed by atoms with Gasteiger partial charge in [0.05, 0.1) is 29.0 Å². The summed E-state index contributed by atoms with van der Waals surface area (Å²) in [5, 5.41) is 0. The van der Waals surface area contributed by atoms with E-state index >= 15 is 0 Å². The Labute approximate surface area is 275 Å². The number of nitrogens with zero attached hydrogens (tertiary/aromatic N) is 1. The van der Waals surface area contributed by atoms with Crippen LogP contribution < -0.4 is 0 Å². The zero-order chi connectivity index (χ0) is 34.3. The number of quaternary nitrogens is 1. The van der Waals surface area contributed by atoms with Crippen molar-refractivity contribution in [3.63, 3.8) is 0 Å². The number of hydrogen-bond acceptors (Lipinski definition) is 8. The minimum absolute atomic E-state index is 0.0454. The molecule has 10 nitrogen and oxygen atoms in total. The van der Waals surface area contributed by atoms with E-state index in [4.69, 9.17) is 14.2 Å². The normalized spacial score (nSPS) is 11.3. The third-order valence-corrected chi connectivity index (χ3v) is 8.38. The molecule has 0 aliphatic rings. The highest BCUT2D eigenvalue weighted by Crippen LogP contribution is 2.14. The summed E-state index contributed by atoms with van der Waals surface area (Å²) in [4.78, 5) is 38.3. The van der Waals surface area contributed by atoms with Gasteiger partial charge in [-0.25, -0.2) is 14.4 Å². The molecule has 3 rings (SSSR count). The Balaban J connectivity index is 1.76. The van der Waals surface area contributed by atoms with Crippen molar-refractivity contribution >= 4 is 46.3 Å². The van der Waals surface area contributed by atoms with Crippen molar-refractivity contribution in [1.29, 1.82) is 0 Å². The standard InChI is InChI=1S/C36H39NO9S/c1-4-28-8-14-31(15-9-28)34(38)44-24-21-37(20-7-27-47(41,42)43,22-25-45-35(39)32-16-10-29(5-2)11-17-32)23-26-46-36(40)33-18-12-30(6-3)13-19-33/h4-6,8-19H,1-3,7,20-27H2/p+1. The average Bonchev–Trinajstić information content (AvgIpc) is 3.07. The van der Waals surface area contributed by atoms with Crippen LogP contribution in [0, 0.1) is 0 Å². The Kier molecular flexibility index (Phi) is 13.8. The van der Waals surface area contributed by atoms with Gasteiger partial charge in [0.2, 0.25) is 0 Å². The predicted octanol–water partition coefficient (Wildman–Crippen LogP) is 5.58. The fraction of sp³-hybridized carbons (Fsp3) is 0.250. The van der Waals surface area contributed by atoms with Gasteiger partial charge in [0.1, 0.15) is 39.5 Å². The van der Waals surface area contributed by atoms with Gasteiger partial charge >= 0.3 is 17.9 Å². The molecule has 11 heteroatoms. The summed E-state index contributed by atoms with van der Waals surface area (Å²) in [6.45, 7) is 11.6. The summed E-state index contributed by atoms with van der Waals surface area (Å²) in [7, 11) is -4.26. The van der Waals surface area contributed by atoms with E-state index in [0.29, 0.717) is 16.7 Å². The zero-order valence-corrected chi connectivity index (χ0v) is 27.0. The number of rotatable bonds is 19. The third-order valence-electron chi connectivity index (χ3n) is 7.58. The van der Waals surface area contributed by atoms with Gasteiger partial charge in [-0.05, 0) is 53.1 Å². The van der Waals surface area contributed by atoms with Crippen molar-refractivity contribution in [2.24, 2.45) is 0 Å². The zero-order valence-electron chi connectivity index (χ0n) is 26.2. The molecule has 0 aliphatic carbocycles. The summed E-state index contributed by atoms with van der Waals surface area (Å²) in [6.07, 6.45) is 5.00. The predicted molar refractivity (Wildman–Crippen MR) is 181 cm³/mol. The molecule has 47 heavy (non-hydrogen) atoms. The molecule has 0 bridgehead atoms. The smallest absolute Gasteiger partial charge is 0.338 e. The Morgan fingerprint density at radius 3 is 1.13 bits per heavy atom. The van der Waals surface area contributed by atoms with Crippen molar-refractivity contribution < 1.29 is 46.0 Å². The lowest BCUT2D eigenvalue weighted by Gasteiger charge is -2.38. The second-order valence-electron chi connectivity index (χ2n) is 10.8. The molecule has 0 atom stereocenters. The molecule has 3 aromatic carbocycles. The number of hydrogen-bond donors (Lipinski definition) is 1. The van der Waals surface area contributed by atoms with Crippen LogP contribution in [0.25, 0.3) is 18.2 Å². The van der Waals surface area contributed by atoms with Gasteiger partial charge in [-0.15, -0.1) is 0 Å². The lowest BCUT2D eigenvalue weighted by Crippen LogP contribution is -2.55. The highest BCUT2D eigenvalue weighted by Gasteiger charge is 2.30. The molecular formula is C36H40NO9S+. The molecule has 0 heterocycles. The van der Waals surface area contributed by atoms with Crippen molar-refractivity contribution in [2.75, 3.05) is 51.8 Å². The maximum Gasteiger partial charge on any atom is 0.338 e. The van der Waals surface area contributed by atoms with Gasteiger partial charge in [-0.1, -0.05) is 74.4 Å². The molecule has 3 aromatic rings. The molecule has 1 N–H and O–H groups in total. The highest BCUT2D eigenvalue weighted by molar-refractivity contribution is 7.85. The Morgan fingerprint density at radius 1 is 0.574 bits per heavy atom. The second-order valence-corrected chi connectivity index (χ2v) is 12.3. The Morgan fingerprint density at radius 2 is 0.872 bits per heavy atom. The molecule has 0 unspecified atom stereocenters. The van der Waals surface area contributed by atoms with Crippen molar-refractivity contribution in [3.8, 4) is 0 Å². The van der Waals surface area contributed by atoms with Gasteiger partial charge in [0.15, 0.2) is 0 Å². The number of ether oxygens (including phenoxy) is 3. The van der Waals surface area contributed by atoms with Gasteiger partial charge in [-0.3, -0.25) is 4.55 Å². The quantitative estimate of drug-likeness (QED) is 0.0756. The lowest BCUT2D eigenvalue weighted by atomic mass is 10.1. The minimum Gasteiger partial charge on any atom is -0.456 e. The lowest BCUT2D eigenvalue weighted by molar-refractivity contribution is -0.928. The van der Waals surface area contributed by atoms with Crippen LogP contribution in [0.5, 0.6) is 0 Å². The second kappa shape index (κ2) is 17.7. The first kappa shape index (κ1) is 36.6. The van der Waals surface area contributed by atoms with E-state index in [1.165, 1.54) is 0 Å². The summed E-state index contributed by atoms with van der Waals surface area (Å²) >= 11 is 0. The summed E-state index contributed by atoms with van der Waals surface area (Å²) in [5.41, 5.74) is 3.55. The topological polar surface area (TPSA) is 133 Å². The molecule has 0 saturated heterocycles. The number of carbonyl (C=O) groups is 3. The molecule has 0 aromatic heterocycles. The van der Waals surface area contributed by atoms with Crippen molar-refractivity contribution in [1.82, 2.24) is 0 Å². The van der Waals surface area contributed by atoms with Crippen LogP contribution >= 0.6 is 0 Å². The highest BCUT2D eigenvalue weighted by atomic mass is 32.2. The van der Waals surface area contributed by atoms with E-state index < -0.39 is 33.8 Å². The van der Waals surface area contributed by atoms with Crippen molar-refractivity contribution in [2.45, 2.75) is 6.42 Å². The maximum absolute atomic E-state index is 12.8. The van der Waals surface area contributed by atoms with Crippen LogP contribution in [-0.4, -0.2) is 87.1 Å². The summed E-state index contributed by atoms with van der Waals surface area (Å²) in [5.74, 6) is -2.17. The Hall–Kier alpha value is -4.84. The first-order chi connectivity index (χ1) is 22.5. The fourth-order valence-corrected chi connectivity index (χ4v) is 5.26. The van der Waals surface area contributed by atoms with Gasteiger partial charge in [-0.2, -0.15) is 8.42 Å². The fourth-order valence-electron chi connectivity index (χ4n) is 4.77. The first-order valence-corrected chi connectivity index (χ1v) is 16.6. The molecule has 248 valence electrons. The van der Waals surface area contributed by atoms with E-state index in [0.717, 1.165) is 16.7 Å². The number of benzene rings is 3. The number of esters is 3. The Bertz CT molecular complexity index is 1480. The molecule has 0 amide bonds. The van der Waals surface area contributed by atoms with E-state index in [1.54, 1.807) is 91.0 Å². The van der Waals surface area contributed by atoms with Crippen LogP contribution in [0.3, 0.4) is 0 Å². The molecule has 0 fully saturated rings. The minimum atomic E-state index is -4.26.